The van der Waals surface area contributed by atoms with Crippen LogP contribution in [0.1, 0.15) is 21.9 Å². The van der Waals surface area contributed by atoms with Gasteiger partial charge >= 0.3 is 0 Å². The van der Waals surface area contributed by atoms with Gasteiger partial charge in [0.1, 0.15) is 0 Å². The van der Waals surface area contributed by atoms with Crippen LogP contribution in [0.4, 0.5) is 11.4 Å². The van der Waals surface area contributed by atoms with Crippen molar-refractivity contribution in [2.24, 2.45) is 0 Å². The molecule has 3 heterocycles. The average molecular weight is 686 g/mol. The van der Waals surface area contributed by atoms with Gasteiger partial charge in [0.05, 0.1) is 6.04 Å². The molecule has 0 saturated heterocycles. The van der Waals surface area contributed by atoms with Crippen molar-refractivity contribution >= 4 is 70.4 Å². The van der Waals surface area contributed by atoms with Gasteiger partial charge in [0.15, 0.2) is 0 Å². The lowest BCUT2D eigenvalue weighted by Gasteiger charge is -2.30. The SMILES string of the molecule is C1=CC2C(c3ccccc3N2c2ccc(-c3cccc4c3sc3c(-c5ccc(-c6ccccc6)cc5)cccc34)cc2)c2sc3ccccc3c21. The lowest BCUT2D eigenvalue weighted by atomic mass is 9.86. The Morgan fingerprint density at radius 3 is 1.78 bits per heavy atom. The van der Waals surface area contributed by atoms with Gasteiger partial charge in [-0.1, -0.05) is 152 Å². The van der Waals surface area contributed by atoms with Gasteiger partial charge in [-0.3, -0.25) is 0 Å². The smallest absolute Gasteiger partial charge is 0.0643 e. The number of hydrogen-bond donors (Lipinski definition) is 0. The predicted molar refractivity (Wildman–Crippen MR) is 221 cm³/mol. The van der Waals surface area contributed by atoms with E-state index < -0.39 is 0 Å². The van der Waals surface area contributed by atoms with E-state index in [-0.39, 0.29) is 6.04 Å². The quantitative estimate of drug-likeness (QED) is 0.178. The minimum atomic E-state index is 0.250. The van der Waals surface area contributed by atoms with Crippen molar-refractivity contribution in [2.75, 3.05) is 4.90 Å². The molecule has 11 rings (SSSR count). The fourth-order valence-electron chi connectivity index (χ4n) is 8.50. The molecule has 9 aromatic rings. The summed E-state index contributed by atoms with van der Waals surface area (Å²) in [6.45, 7) is 0. The highest BCUT2D eigenvalue weighted by Gasteiger charge is 2.42. The summed E-state index contributed by atoms with van der Waals surface area (Å²) in [6, 6.07) is 60.6. The lowest BCUT2D eigenvalue weighted by Crippen LogP contribution is -2.30. The lowest BCUT2D eigenvalue weighted by molar-refractivity contribution is 0.737. The van der Waals surface area contributed by atoms with E-state index in [1.54, 1.807) is 0 Å². The molecule has 0 saturated carbocycles. The summed E-state index contributed by atoms with van der Waals surface area (Å²) in [4.78, 5) is 4.04. The third-order valence-electron chi connectivity index (χ3n) is 10.9. The van der Waals surface area contributed by atoms with Crippen LogP contribution in [0.3, 0.4) is 0 Å². The van der Waals surface area contributed by atoms with Gasteiger partial charge < -0.3 is 4.90 Å². The molecule has 0 bridgehead atoms. The Morgan fingerprint density at radius 2 is 1.04 bits per heavy atom. The number of thiophene rings is 2. The fourth-order valence-corrected chi connectivity index (χ4v) is 11.2. The van der Waals surface area contributed by atoms with Crippen molar-refractivity contribution < 1.29 is 0 Å². The average Bonchev–Trinajstić information content (AvgIpc) is 3.88. The van der Waals surface area contributed by atoms with E-state index >= 15 is 0 Å². The molecule has 2 unspecified atom stereocenters. The van der Waals surface area contributed by atoms with Crippen LogP contribution in [-0.4, -0.2) is 6.04 Å². The first-order valence-corrected chi connectivity index (χ1v) is 19.2. The first-order valence-electron chi connectivity index (χ1n) is 17.6. The Kier molecular flexibility index (Phi) is 6.49. The molecular formula is C48H31NS2. The van der Waals surface area contributed by atoms with Crippen LogP contribution in [-0.2, 0) is 0 Å². The molecular weight excluding hydrogens is 655 g/mol. The van der Waals surface area contributed by atoms with Gasteiger partial charge in [0, 0.05) is 47.0 Å². The molecule has 1 aliphatic carbocycles. The van der Waals surface area contributed by atoms with Gasteiger partial charge in [-0.15, -0.1) is 22.7 Å². The van der Waals surface area contributed by atoms with Gasteiger partial charge in [0.2, 0.25) is 0 Å². The maximum Gasteiger partial charge on any atom is 0.0643 e. The summed E-state index contributed by atoms with van der Waals surface area (Å²) in [5.74, 6) is 0.328. The zero-order valence-electron chi connectivity index (χ0n) is 27.7. The van der Waals surface area contributed by atoms with Gasteiger partial charge in [0.25, 0.3) is 0 Å². The summed E-state index contributed by atoms with van der Waals surface area (Å²) in [5, 5.41) is 4.01. The maximum absolute atomic E-state index is 2.56. The molecule has 0 spiro atoms. The summed E-state index contributed by atoms with van der Waals surface area (Å²) in [6.07, 6.45) is 4.81. The third kappa shape index (κ3) is 4.45. The monoisotopic (exact) mass is 685 g/mol. The van der Waals surface area contributed by atoms with Gasteiger partial charge in [-0.25, -0.2) is 0 Å². The number of nitrogens with zero attached hydrogens (tertiary/aromatic N) is 1. The minimum absolute atomic E-state index is 0.250. The highest BCUT2D eigenvalue weighted by atomic mass is 32.1. The molecule has 2 aromatic heterocycles. The molecule has 3 heteroatoms. The number of para-hydroxylation sites is 1. The molecule has 1 nitrogen and oxygen atoms in total. The van der Waals surface area contributed by atoms with Crippen LogP contribution in [0, 0.1) is 0 Å². The van der Waals surface area contributed by atoms with E-state index in [0.717, 1.165) is 0 Å². The Morgan fingerprint density at radius 1 is 0.451 bits per heavy atom. The van der Waals surface area contributed by atoms with Crippen LogP contribution < -0.4 is 4.90 Å². The van der Waals surface area contributed by atoms with E-state index in [1.807, 2.05) is 22.7 Å². The number of hydrogen-bond acceptors (Lipinski definition) is 3. The molecule has 0 N–H and O–H groups in total. The Balaban J connectivity index is 0.969. The summed E-state index contributed by atoms with van der Waals surface area (Å²) < 4.78 is 4.05. The van der Waals surface area contributed by atoms with E-state index in [2.05, 4.69) is 181 Å². The first-order chi connectivity index (χ1) is 25.3. The van der Waals surface area contributed by atoms with Crippen LogP contribution in [0.25, 0.3) is 69.7 Å². The number of fused-ring (bicyclic) bond motifs is 10. The Hall–Kier alpha value is -5.74. The standard InChI is InChI=1S/C48H31NS2/c1-2-10-30(11-3-1)31-20-22-32(23-21-31)35-14-8-16-38-39-17-9-15-36(47(39)51-46(35)38)33-24-26-34(27-25-33)49-42-18-6-4-13-41(42)45-43(49)29-28-40-37-12-5-7-19-44(37)50-48(40)45/h1-29,43,45H. The van der Waals surface area contributed by atoms with Crippen molar-refractivity contribution in [1.29, 1.82) is 0 Å². The van der Waals surface area contributed by atoms with E-state index in [4.69, 9.17) is 0 Å². The van der Waals surface area contributed by atoms with Crippen LogP contribution in [0.2, 0.25) is 0 Å². The van der Waals surface area contributed by atoms with Crippen molar-refractivity contribution in [3.63, 3.8) is 0 Å². The second kappa shape index (κ2) is 11.4. The highest BCUT2D eigenvalue weighted by molar-refractivity contribution is 7.26. The fraction of sp³-hybridized carbons (Fsp3) is 0.0417. The van der Waals surface area contributed by atoms with Crippen molar-refractivity contribution in [3.05, 3.63) is 186 Å². The second-order valence-corrected chi connectivity index (χ2v) is 15.7. The molecule has 7 aromatic carbocycles. The van der Waals surface area contributed by atoms with Crippen molar-refractivity contribution in [3.8, 4) is 33.4 Å². The van der Waals surface area contributed by atoms with Crippen LogP contribution in [0.5, 0.6) is 0 Å². The van der Waals surface area contributed by atoms with Gasteiger partial charge in [-0.2, -0.15) is 0 Å². The Labute approximate surface area is 305 Å². The molecule has 2 aliphatic rings. The number of benzene rings is 7. The minimum Gasteiger partial charge on any atom is -0.333 e. The highest BCUT2D eigenvalue weighted by Crippen LogP contribution is 2.54. The zero-order valence-corrected chi connectivity index (χ0v) is 29.3. The molecule has 240 valence electrons. The third-order valence-corrected chi connectivity index (χ3v) is 13.4. The zero-order chi connectivity index (χ0) is 33.5. The molecule has 0 fully saturated rings. The topological polar surface area (TPSA) is 3.24 Å². The van der Waals surface area contributed by atoms with E-state index in [9.17, 15) is 0 Å². The van der Waals surface area contributed by atoms with E-state index in [1.165, 1.54) is 91.0 Å². The van der Waals surface area contributed by atoms with Crippen LogP contribution in [0.15, 0.2) is 170 Å². The van der Waals surface area contributed by atoms with Crippen molar-refractivity contribution in [1.82, 2.24) is 0 Å². The Bertz CT molecular complexity index is 2800. The normalized spacial score (nSPS) is 16.1. The largest absolute Gasteiger partial charge is 0.333 e. The van der Waals surface area contributed by atoms with Crippen molar-refractivity contribution in [2.45, 2.75) is 12.0 Å². The number of rotatable bonds is 4. The number of anilines is 2. The van der Waals surface area contributed by atoms with Crippen LogP contribution >= 0.6 is 22.7 Å². The van der Waals surface area contributed by atoms with Gasteiger partial charge in [-0.05, 0) is 74.2 Å². The van der Waals surface area contributed by atoms with E-state index in [0.29, 0.717) is 5.92 Å². The summed E-state index contributed by atoms with van der Waals surface area (Å²) >= 11 is 3.88. The molecule has 0 radical (unpaired) electrons. The molecule has 1 aliphatic heterocycles. The summed E-state index contributed by atoms with van der Waals surface area (Å²) in [5.41, 5.74) is 12.9. The first kappa shape index (κ1) is 29.0. The molecule has 51 heavy (non-hydrogen) atoms. The predicted octanol–water partition coefficient (Wildman–Crippen LogP) is 13.9. The maximum atomic E-state index is 2.56. The summed E-state index contributed by atoms with van der Waals surface area (Å²) in [7, 11) is 0. The molecule has 2 atom stereocenters. The molecule has 0 amide bonds. The second-order valence-electron chi connectivity index (χ2n) is 13.6.